The first-order valence-corrected chi connectivity index (χ1v) is 11.0. The number of hydrogen-bond donors (Lipinski definition) is 2. The lowest BCUT2D eigenvalue weighted by atomic mass is 10.1. The highest BCUT2D eigenvalue weighted by Gasteiger charge is 2.19. The topological polar surface area (TPSA) is 93.1 Å². The van der Waals surface area contributed by atoms with Crippen LogP contribution in [0.15, 0.2) is 66.1 Å². The summed E-state index contributed by atoms with van der Waals surface area (Å²) in [7, 11) is -4.04. The van der Waals surface area contributed by atoms with Crippen LogP contribution in [-0.4, -0.2) is 30.4 Å². The highest BCUT2D eigenvalue weighted by molar-refractivity contribution is 7.92. The molecule has 0 saturated heterocycles. The van der Waals surface area contributed by atoms with Gasteiger partial charge in [0.2, 0.25) is 0 Å². The van der Waals surface area contributed by atoms with Crippen molar-refractivity contribution in [3.05, 3.63) is 78.1 Å². The van der Waals surface area contributed by atoms with Gasteiger partial charge < -0.3 is 9.88 Å². The van der Waals surface area contributed by atoms with Crippen molar-refractivity contribution in [2.24, 2.45) is 0 Å². The van der Waals surface area contributed by atoms with Gasteiger partial charge in [0.05, 0.1) is 16.9 Å². The third kappa shape index (κ3) is 5.44. The second-order valence-corrected chi connectivity index (χ2v) is 8.51. The van der Waals surface area contributed by atoms with Crippen molar-refractivity contribution in [2.75, 3.05) is 11.3 Å². The number of aryl methyl sites for hydroxylation is 2. The Bertz CT molecular complexity index is 1120. The number of amides is 1. The second-order valence-electron chi connectivity index (χ2n) is 6.83. The van der Waals surface area contributed by atoms with Gasteiger partial charge in [0, 0.05) is 31.0 Å². The molecular formula is C21H23FN4O3S. The van der Waals surface area contributed by atoms with Crippen LogP contribution in [-0.2, 0) is 16.6 Å². The Morgan fingerprint density at radius 1 is 1.17 bits per heavy atom. The lowest BCUT2D eigenvalue weighted by Crippen LogP contribution is -2.26. The zero-order chi connectivity index (χ0) is 21.6. The molecule has 7 nitrogen and oxygen atoms in total. The summed E-state index contributed by atoms with van der Waals surface area (Å²) in [5.41, 5.74) is 0.763. The zero-order valence-corrected chi connectivity index (χ0v) is 17.3. The first-order valence-electron chi connectivity index (χ1n) is 9.49. The van der Waals surface area contributed by atoms with E-state index in [4.69, 9.17) is 0 Å². The number of carbonyl (C=O) groups excluding carboxylic acids is 1. The van der Waals surface area contributed by atoms with Gasteiger partial charge in [-0.25, -0.2) is 17.8 Å². The van der Waals surface area contributed by atoms with E-state index in [9.17, 15) is 17.6 Å². The minimum absolute atomic E-state index is 0.110. The Balaban J connectivity index is 1.63. The number of sulfonamides is 1. The van der Waals surface area contributed by atoms with Gasteiger partial charge in [0.1, 0.15) is 5.82 Å². The lowest BCUT2D eigenvalue weighted by molar-refractivity contribution is 0.0952. The summed E-state index contributed by atoms with van der Waals surface area (Å²) in [6.45, 7) is 3.01. The number of aromatic nitrogens is 2. The fraction of sp³-hybridized carbons (Fsp3) is 0.238. The minimum Gasteiger partial charge on any atom is -0.352 e. The third-order valence-corrected chi connectivity index (χ3v) is 5.93. The Morgan fingerprint density at radius 2 is 1.97 bits per heavy atom. The predicted molar refractivity (Wildman–Crippen MR) is 112 cm³/mol. The van der Waals surface area contributed by atoms with Crippen LogP contribution in [0.25, 0.3) is 0 Å². The van der Waals surface area contributed by atoms with Gasteiger partial charge in [-0.3, -0.25) is 9.52 Å². The molecule has 0 radical (unpaired) electrons. The summed E-state index contributed by atoms with van der Waals surface area (Å²) in [6.07, 6.45) is 6.98. The van der Waals surface area contributed by atoms with Crippen LogP contribution in [0.5, 0.6) is 0 Å². The molecule has 0 aliphatic carbocycles. The number of imidazole rings is 1. The average Bonchev–Trinajstić information content (AvgIpc) is 3.23. The van der Waals surface area contributed by atoms with Crippen LogP contribution in [0.1, 0.15) is 28.8 Å². The molecule has 0 aliphatic heterocycles. The maximum absolute atomic E-state index is 13.8. The van der Waals surface area contributed by atoms with E-state index in [1.807, 2.05) is 10.8 Å². The molecule has 0 bridgehead atoms. The van der Waals surface area contributed by atoms with Gasteiger partial charge in [-0.15, -0.1) is 0 Å². The van der Waals surface area contributed by atoms with Gasteiger partial charge in [0.25, 0.3) is 15.9 Å². The van der Waals surface area contributed by atoms with E-state index in [-0.39, 0.29) is 22.1 Å². The molecule has 1 aromatic heterocycles. The third-order valence-electron chi connectivity index (χ3n) is 4.57. The van der Waals surface area contributed by atoms with Crippen LogP contribution in [0.3, 0.4) is 0 Å². The van der Waals surface area contributed by atoms with E-state index in [0.717, 1.165) is 19.4 Å². The normalized spacial score (nSPS) is 11.3. The van der Waals surface area contributed by atoms with Crippen molar-refractivity contribution in [1.29, 1.82) is 0 Å². The molecule has 0 unspecified atom stereocenters. The molecule has 2 N–H and O–H groups in total. The molecular weight excluding hydrogens is 407 g/mol. The quantitative estimate of drug-likeness (QED) is 0.509. The highest BCUT2D eigenvalue weighted by Crippen LogP contribution is 2.21. The smallest absolute Gasteiger partial charge is 0.262 e. The van der Waals surface area contributed by atoms with Gasteiger partial charge in [0.15, 0.2) is 0 Å². The molecule has 9 heteroatoms. The first kappa shape index (κ1) is 21.5. The molecule has 158 valence electrons. The van der Waals surface area contributed by atoms with Crippen LogP contribution in [0.2, 0.25) is 0 Å². The van der Waals surface area contributed by atoms with Crippen molar-refractivity contribution < 1.29 is 17.6 Å². The van der Waals surface area contributed by atoms with E-state index in [1.54, 1.807) is 25.5 Å². The van der Waals surface area contributed by atoms with Crippen LogP contribution in [0.4, 0.5) is 10.1 Å². The first-order chi connectivity index (χ1) is 14.4. The van der Waals surface area contributed by atoms with E-state index in [1.165, 1.54) is 36.4 Å². The van der Waals surface area contributed by atoms with Crippen LogP contribution < -0.4 is 10.0 Å². The zero-order valence-electron chi connectivity index (χ0n) is 16.5. The van der Waals surface area contributed by atoms with Gasteiger partial charge >= 0.3 is 0 Å². The second kappa shape index (κ2) is 9.53. The maximum Gasteiger partial charge on any atom is 0.262 e. The van der Waals surface area contributed by atoms with Gasteiger partial charge in [-0.05, 0) is 49.6 Å². The SMILES string of the molecule is Cc1ccc(S(=O)(=O)Nc2ccccc2F)cc1C(=O)NCCCCn1ccnc1. The number of hydrogen-bond acceptors (Lipinski definition) is 4. The van der Waals surface area contributed by atoms with Crippen LogP contribution >= 0.6 is 0 Å². The molecule has 1 heterocycles. The maximum atomic E-state index is 13.8. The van der Waals surface area contributed by atoms with Gasteiger partial charge in [-0.1, -0.05) is 18.2 Å². The molecule has 3 rings (SSSR count). The van der Waals surface area contributed by atoms with E-state index in [2.05, 4.69) is 15.0 Å². The number of para-hydroxylation sites is 1. The molecule has 0 saturated carbocycles. The molecule has 0 aliphatic rings. The fourth-order valence-corrected chi connectivity index (χ4v) is 3.99. The number of carbonyl (C=O) groups is 1. The summed E-state index contributed by atoms with van der Waals surface area (Å²) in [5.74, 6) is -1.03. The summed E-state index contributed by atoms with van der Waals surface area (Å²) in [5, 5.41) is 2.82. The monoisotopic (exact) mass is 430 g/mol. The van der Waals surface area contributed by atoms with Gasteiger partial charge in [-0.2, -0.15) is 0 Å². The number of rotatable bonds is 9. The van der Waals surface area contributed by atoms with E-state index >= 15 is 0 Å². The summed E-state index contributed by atoms with van der Waals surface area (Å²) in [4.78, 5) is 16.4. The van der Waals surface area contributed by atoms with E-state index in [0.29, 0.717) is 12.1 Å². The van der Waals surface area contributed by atoms with Crippen LogP contribution in [0, 0.1) is 12.7 Å². The van der Waals surface area contributed by atoms with E-state index < -0.39 is 15.8 Å². The lowest BCUT2D eigenvalue weighted by Gasteiger charge is -2.12. The molecule has 3 aromatic rings. The molecule has 0 fully saturated rings. The molecule has 0 spiro atoms. The number of halogens is 1. The number of anilines is 1. The summed E-state index contributed by atoms with van der Waals surface area (Å²) in [6, 6.07) is 9.75. The fourth-order valence-electron chi connectivity index (χ4n) is 2.90. The Labute approximate surface area is 175 Å². The average molecular weight is 431 g/mol. The van der Waals surface area contributed by atoms with Crippen molar-refractivity contribution in [1.82, 2.24) is 14.9 Å². The summed E-state index contributed by atoms with van der Waals surface area (Å²) >= 11 is 0. The van der Waals surface area contributed by atoms with Crippen molar-refractivity contribution in [3.8, 4) is 0 Å². The standard InChI is InChI=1S/C21H23FN4O3S/c1-16-8-9-17(30(28,29)25-20-7-3-2-6-19(20)22)14-18(16)21(27)24-10-4-5-12-26-13-11-23-15-26/h2-3,6-9,11,13-15,25H,4-5,10,12H2,1H3,(H,24,27). The van der Waals surface area contributed by atoms with Crippen molar-refractivity contribution in [3.63, 3.8) is 0 Å². The molecule has 0 atom stereocenters. The molecule has 1 amide bonds. The summed E-state index contributed by atoms with van der Waals surface area (Å²) < 4.78 is 43.3. The van der Waals surface area contributed by atoms with Crippen molar-refractivity contribution in [2.45, 2.75) is 31.2 Å². The minimum atomic E-state index is -4.04. The Morgan fingerprint density at radius 3 is 2.70 bits per heavy atom. The largest absolute Gasteiger partial charge is 0.352 e. The number of unbranched alkanes of at least 4 members (excludes halogenated alkanes) is 1. The number of benzene rings is 2. The number of nitrogens with one attached hydrogen (secondary N) is 2. The Kier molecular flexibility index (Phi) is 6.83. The Hall–Kier alpha value is -3.20. The highest BCUT2D eigenvalue weighted by atomic mass is 32.2. The van der Waals surface area contributed by atoms with Crippen molar-refractivity contribution >= 4 is 21.6 Å². The predicted octanol–water partition coefficient (Wildman–Crippen LogP) is 3.34. The number of nitrogens with zero attached hydrogens (tertiary/aromatic N) is 2. The molecule has 2 aromatic carbocycles. The molecule has 30 heavy (non-hydrogen) atoms.